The lowest BCUT2D eigenvalue weighted by atomic mass is 9.96. The summed E-state index contributed by atoms with van der Waals surface area (Å²) in [6, 6.07) is 9.54. The van der Waals surface area contributed by atoms with Gasteiger partial charge in [0, 0.05) is 13.2 Å². The number of phenolic OH excluding ortho intramolecular Hbond substituents is 1. The summed E-state index contributed by atoms with van der Waals surface area (Å²) in [4.78, 5) is 28.1. The molecule has 0 unspecified atom stereocenters. The van der Waals surface area contributed by atoms with Gasteiger partial charge in [-0.3, -0.25) is 9.59 Å². The summed E-state index contributed by atoms with van der Waals surface area (Å²) < 4.78 is 5.93. The Hall–Kier alpha value is -3.12. The van der Waals surface area contributed by atoms with Crippen LogP contribution < -0.4 is 5.43 Å². The summed E-state index contributed by atoms with van der Waals surface area (Å²) in [6.45, 7) is 3.95. The molecular weight excluding hydrogens is 358 g/mol. The first-order valence-electron chi connectivity index (χ1n) is 9.21. The lowest BCUT2D eigenvalue weighted by Gasteiger charge is -2.25. The average Bonchev–Trinajstić information content (AvgIpc) is 2.92. The summed E-state index contributed by atoms with van der Waals surface area (Å²) in [7, 11) is 0. The van der Waals surface area contributed by atoms with Gasteiger partial charge in [0.2, 0.25) is 5.76 Å². The zero-order valence-electron chi connectivity index (χ0n) is 15.7. The summed E-state index contributed by atoms with van der Waals surface area (Å²) in [5.41, 5.74) is 2.81. The van der Waals surface area contributed by atoms with Gasteiger partial charge in [0.25, 0.3) is 5.91 Å². The molecule has 2 N–H and O–H groups in total. The van der Waals surface area contributed by atoms with E-state index in [4.69, 9.17) is 4.42 Å². The van der Waals surface area contributed by atoms with Crippen molar-refractivity contribution in [1.29, 1.82) is 0 Å². The monoisotopic (exact) mass is 379 g/mol. The molecule has 0 fully saturated rings. The number of aromatic hydroxyl groups is 1. The number of hydrogen-bond donors (Lipinski definition) is 2. The molecule has 0 saturated heterocycles. The molecule has 1 aliphatic heterocycles. The van der Waals surface area contributed by atoms with E-state index in [2.05, 4.69) is 0 Å². The smallest absolute Gasteiger partial charge is 0.290 e. The number of carbonyl (C=O) groups excluding carboxylic acids is 1. The molecule has 0 bridgehead atoms. The second kappa shape index (κ2) is 6.80. The molecule has 0 saturated carbocycles. The minimum absolute atomic E-state index is 0.0359. The largest absolute Gasteiger partial charge is 0.508 e. The topological polar surface area (TPSA) is 91.0 Å². The molecule has 1 aliphatic rings. The maximum absolute atomic E-state index is 13.4. The van der Waals surface area contributed by atoms with Crippen molar-refractivity contribution in [3.8, 4) is 5.75 Å². The number of nitrogens with zero attached hydrogens (tertiary/aromatic N) is 1. The molecular formula is C22H21NO5. The average molecular weight is 379 g/mol. The Bertz CT molecular complexity index is 1150. The molecule has 1 atom stereocenters. The van der Waals surface area contributed by atoms with Gasteiger partial charge in [0.1, 0.15) is 11.3 Å². The fourth-order valence-electron chi connectivity index (χ4n) is 4.03. The molecule has 1 aromatic heterocycles. The van der Waals surface area contributed by atoms with Gasteiger partial charge in [0.05, 0.1) is 17.0 Å². The van der Waals surface area contributed by atoms with Crippen molar-refractivity contribution >= 4 is 16.9 Å². The third-order valence-electron chi connectivity index (χ3n) is 5.16. The summed E-state index contributed by atoms with van der Waals surface area (Å²) >= 11 is 0. The molecule has 4 rings (SSSR count). The highest BCUT2D eigenvalue weighted by Gasteiger charge is 2.42. The van der Waals surface area contributed by atoms with Crippen LogP contribution in [0.2, 0.25) is 0 Å². The third-order valence-corrected chi connectivity index (χ3v) is 5.16. The molecule has 0 radical (unpaired) electrons. The van der Waals surface area contributed by atoms with Crippen LogP contribution in [-0.4, -0.2) is 34.2 Å². The van der Waals surface area contributed by atoms with Crippen LogP contribution in [0.15, 0.2) is 45.6 Å². The number of amides is 1. The van der Waals surface area contributed by atoms with Gasteiger partial charge in [-0.1, -0.05) is 18.2 Å². The van der Waals surface area contributed by atoms with Crippen molar-refractivity contribution in [3.63, 3.8) is 0 Å². The van der Waals surface area contributed by atoms with Crippen molar-refractivity contribution in [2.75, 3.05) is 13.2 Å². The quantitative estimate of drug-likeness (QED) is 0.727. The van der Waals surface area contributed by atoms with Crippen LogP contribution in [0.5, 0.6) is 5.75 Å². The predicted molar refractivity (Wildman–Crippen MR) is 105 cm³/mol. The Morgan fingerprint density at radius 1 is 1.14 bits per heavy atom. The number of aliphatic hydroxyl groups excluding tert-OH is 1. The molecule has 6 nitrogen and oxygen atoms in total. The van der Waals surface area contributed by atoms with E-state index in [1.165, 1.54) is 11.0 Å². The highest BCUT2D eigenvalue weighted by atomic mass is 16.3. The van der Waals surface area contributed by atoms with E-state index in [1.54, 1.807) is 24.3 Å². The maximum atomic E-state index is 13.4. The van der Waals surface area contributed by atoms with Gasteiger partial charge in [-0.2, -0.15) is 0 Å². The second-order valence-corrected chi connectivity index (χ2v) is 7.20. The first-order valence-corrected chi connectivity index (χ1v) is 9.21. The first-order chi connectivity index (χ1) is 13.4. The van der Waals surface area contributed by atoms with E-state index in [-0.39, 0.29) is 41.6 Å². The van der Waals surface area contributed by atoms with E-state index in [1.807, 2.05) is 19.9 Å². The van der Waals surface area contributed by atoms with E-state index in [0.29, 0.717) is 23.0 Å². The highest BCUT2D eigenvalue weighted by Crippen LogP contribution is 2.39. The molecule has 2 aromatic carbocycles. The third kappa shape index (κ3) is 2.77. The van der Waals surface area contributed by atoms with Gasteiger partial charge in [-0.15, -0.1) is 0 Å². The molecule has 1 amide bonds. The minimum Gasteiger partial charge on any atom is -0.508 e. The number of carbonyl (C=O) groups is 1. The summed E-state index contributed by atoms with van der Waals surface area (Å²) in [5.74, 6) is -0.291. The number of benzene rings is 2. The number of fused-ring (bicyclic) bond motifs is 2. The van der Waals surface area contributed by atoms with Gasteiger partial charge in [-0.25, -0.2) is 0 Å². The Morgan fingerprint density at radius 2 is 1.93 bits per heavy atom. The van der Waals surface area contributed by atoms with Crippen LogP contribution in [0.3, 0.4) is 0 Å². The fraction of sp³-hybridized carbons (Fsp3) is 0.273. The van der Waals surface area contributed by atoms with Crippen LogP contribution in [-0.2, 0) is 0 Å². The number of rotatable bonds is 4. The van der Waals surface area contributed by atoms with Crippen LogP contribution >= 0.6 is 0 Å². The lowest BCUT2D eigenvalue weighted by molar-refractivity contribution is 0.0716. The van der Waals surface area contributed by atoms with Gasteiger partial charge in [-0.05, 0) is 55.2 Å². The van der Waals surface area contributed by atoms with Crippen molar-refractivity contribution in [2.24, 2.45) is 0 Å². The normalized spacial score (nSPS) is 16.0. The molecule has 6 heteroatoms. The lowest BCUT2D eigenvalue weighted by Crippen LogP contribution is -2.31. The van der Waals surface area contributed by atoms with Crippen molar-refractivity contribution < 1.29 is 19.4 Å². The number of phenols is 1. The van der Waals surface area contributed by atoms with Crippen LogP contribution in [0, 0.1) is 13.8 Å². The maximum Gasteiger partial charge on any atom is 0.290 e. The summed E-state index contributed by atoms with van der Waals surface area (Å²) in [6.07, 6.45) is 0.376. The minimum atomic E-state index is -0.664. The molecule has 2 heterocycles. The Morgan fingerprint density at radius 3 is 2.64 bits per heavy atom. The Labute approximate surface area is 161 Å². The van der Waals surface area contributed by atoms with Crippen LogP contribution in [0.25, 0.3) is 11.0 Å². The van der Waals surface area contributed by atoms with Crippen LogP contribution in [0.4, 0.5) is 0 Å². The van der Waals surface area contributed by atoms with Gasteiger partial charge >= 0.3 is 0 Å². The Balaban J connectivity index is 2.01. The van der Waals surface area contributed by atoms with Gasteiger partial charge in [0.15, 0.2) is 5.43 Å². The van der Waals surface area contributed by atoms with E-state index >= 15 is 0 Å². The zero-order chi connectivity index (χ0) is 20.0. The highest BCUT2D eigenvalue weighted by molar-refractivity contribution is 5.99. The fourth-order valence-corrected chi connectivity index (χ4v) is 4.03. The van der Waals surface area contributed by atoms with E-state index in [0.717, 1.165) is 11.1 Å². The SMILES string of the molecule is Cc1cc(C)c2c(=O)c3c(oc2c1)C(=O)N(CCCO)[C@H]3c1cccc(O)c1. The van der Waals surface area contributed by atoms with Gasteiger partial charge < -0.3 is 19.5 Å². The predicted octanol–water partition coefficient (Wildman–Crippen LogP) is 3.04. The zero-order valence-corrected chi connectivity index (χ0v) is 15.7. The molecule has 28 heavy (non-hydrogen) atoms. The van der Waals surface area contributed by atoms with E-state index < -0.39 is 6.04 Å². The molecule has 0 spiro atoms. The molecule has 0 aliphatic carbocycles. The second-order valence-electron chi connectivity index (χ2n) is 7.20. The van der Waals surface area contributed by atoms with Crippen molar-refractivity contribution in [3.05, 3.63) is 74.6 Å². The standard InChI is InChI=1S/C22H21NO5/c1-12-9-13(2)17-16(10-12)28-21-18(20(17)26)19(14-5-3-6-15(25)11-14)23(22(21)27)7-4-8-24/h3,5-6,9-11,19,24-25H,4,7-8H2,1-2H3/t19-/m0/s1. The first kappa shape index (κ1) is 18.3. The van der Waals surface area contributed by atoms with E-state index in [9.17, 15) is 19.8 Å². The number of aryl methyl sites for hydroxylation is 2. The Kier molecular flexibility index (Phi) is 4.43. The molecule has 3 aromatic rings. The van der Waals surface area contributed by atoms with Crippen molar-refractivity contribution in [1.82, 2.24) is 4.90 Å². The molecule has 144 valence electrons. The van der Waals surface area contributed by atoms with Crippen molar-refractivity contribution in [2.45, 2.75) is 26.3 Å². The summed E-state index contributed by atoms with van der Waals surface area (Å²) in [5, 5.41) is 19.6. The van der Waals surface area contributed by atoms with Crippen LogP contribution in [0.1, 0.15) is 45.3 Å². The number of aliphatic hydroxyl groups is 1. The number of hydrogen-bond acceptors (Lipinski definition) is 5.